The van der Waals surface area contributed by atoms with Gasteiger partial charge in [0.15, 0.2) is 5.11 Å². The molecule has 6 nitrogen and oxygen atoms in total. The number of fused-ring (bicyclic) bond motifs is 1. The summed E-state index contributed by atoms with van der Waals surface area (Å²) >= 11 is 5.80. The summed E-state index contributed by atoms with van der Waals surface area (Å²) in [4.78, 5) is 9.83. The molecule has 2 N–H and O–H groups in total. The molecule has 8 heteroatoms. The molecule has 2 heterocycles. The van der Waals surface area contributed by atoms with Gasteiger partial charge in [0.2, 0.25) is 0 Å². The second kappa shape index (κ2) is 11.1. The standard InChI is InChI=1S/C29H25FN6S/c30-24-9-11-25(12-10-24)34-29(37)35(19-23-16-33-28-4-2-1-3-27(23)28)14-13-26-17-32-20-36(26)18-22-7-5-21(15-31)6-8-22/h1-12,16-17,20,33H,13-14,18-19H2,(H,34,37). The SMILES string of the molecule is N#Cc1ccc(Cn2cncc2CCN(Cc2c[nH]c3ccccc23)C(=S)Nc2ccc(F)cc2)cc1. The first kappa shape index (κ1) is 24.2. The Morgan fingerprint density at radius 1 is 1.08 bits per heavy atom. The van der Waals surface area contributed by atoms with Crippen LogP contribution in [0.4, 0.5) is 10.1 Å². The molecule has 5 aromatic rings. The smallest absolute Gasteiger partial charge is 0.173 e. The highest BCUT2D eigenvalue weighted by Crippen LogP contribution is 2.21. The average Bonchev–Trinajstić information content (AvgIpc) is 3.55. The Balaban J connectivity index is 1.33. The van der Waals surface area contributed by atoms with Gasteiger partial charge in [0.05, 0.1) is 18.0 Å². The normalized spacial score (nSPS) is 10.8. The lowest BCUT2D eigenvalue weighted by Gasteiger charge is -2.26. The van der Waals surface area contributed by atoms with Crippen LogP contribution in [0.25, 0.3) is 10.9 Å². The fourth-order valence-corrected chi connectivity index (χ4v) is 4.56. The third-order valence-electron chi connectivity index (χ3n) is 6.29. The van der Waals surface area contributed by atoms with Crippen molar-refractivity contribution in [2.75, 3.05) is 11.9 Å². The maximum Gasteiger partial charge on any atom is 0.173 e. The van der Waals surface area contributed by atoms with Gasteiger partial charge in [-0.3, -0.25) is 0 Å². The van der Waals surface area contributed by atoms with Crippen LogP contribution in [-0.4, -0.2) is 31.1 Å². The zero-order valence-electron chi connectivity index (χ0n) is 20.1. The maximum absolute atomic E-state index is 13.4. The van der Waals surface area contributed by atoms with E-state index in [4.69, 9.17) is 17.5 Å². The first-order chi connectivity index (χ1) is 18.1. The Labute approximate surface area is 220 Å². The molecule has 0 aliphatic carbocycles. The summed E-state index contributed by atoms with van der Waals surface area (Å²) in [6.07, 6.45) is 6.45. The largest absolute Gasteiger partial charge is 0.361 e. The number of imidazole rings is 1. The van der Waals surface area contributed by atoms with Crippen LogP contribution in [0.3, 0.4) is 0 Å². The number of halogens is 1. The number of nitrogens with zero attached hydrogens (tertiary/aromatic N) is 4. The van der Waals surface area contributed by atoms with E-state index in [0.29, 0.717) is 30.3 Å². The summed E-state index contributed by atoms with van der Waals surface area (Å²) in [6.45, 7) is 1.94. The molecule has 37 heavy (non-hydrogen) atoms. The van der Waals surface area contributed by atoms with E-state index in [0.717, 1.165) is 39.8 Å². The van der Waals surface area contributed by atoms with E-state index in [1.807, 2.05) is 55.1 Å². The van der Waals surface area contributed by atoms with Crippen molar-refractivity contribution in [1.82, 2.24) is 19.4 Å². The van der Waals surface area contributed by atoms with Crippen LogP contribution in [-0.2, 0) is 19.5 Å². The molecule has 0 atom stereocenters. The fraction of sp³-hybridized carbons (Fsp3) is 0.138. The van der Waals surface area contributed by atoms with E-state index in [1.165, 1.54) is 12.1 Å². The number of para-hydroxylation sites is 1. The molecule has 0 radical (unpaired) electrons. The number of aromatic amines is 1. The Bertz CT molecular complexity index is 1550. The Morgan fingerprint density at radius 3 is 2.65 bits per heavy atom. The monoisotopic (exact) mass is 508 g/mol. The number of thiocarbonyl (C=S) groups is 1. The van der Waals surface area contributed by atoms with Gasteiger partial charge >= 0.3 is 0 Å². The molecule has 2 aromatic heterocycles. The predicted molar refractivity (Wildman–Crippen MR) is 148 cm³/mol. The Hall–Kier alpha value is -4.48. The minimum absolute atomic E-state index is 0.289. The molecule has 184 valence electrons. The lowest BCUT2D eigenvalue weighted by Crippen LogP contribution is -2.36. The highest BCUT2D eigenvalue weighted by atomic mass is 32.1. The molecule has 0 aliphatic rings. The number of hydrogen-bond acceptors (Lipinski definition) is 3. The van der Waals surface area contributed by atoms with E-state index < -0.39 is 0 Å². The van der Waals surface area contributed by atoms with Crippen molar-refractivity contribution in [3.8, 4) is 6.07 Å². The number of nitrogens with one attached hydrogen (secondary N) is 2. The first-order valence-corrected chi connectivity index (χ1v) is 12.3. The number of benzene rings is 3. The van der Waals surface area contributed by atoms with E-state index >= 15 is 0 Å². The molecule has 0 bridgehead atoms. The van der Waals surface area contributed by atoms with Gasteiger partial charge in [-0.15, -0.1) is 0 Å². The maximum atomic E-state index is 13.4. The van der Waals surface area contributed by atoms with Gasteiger partial charge in [0, 0.05) is 60.7 Å². The van der Waals surface area contributed by atoms with Crippen LogP contribution in [0.5, 0.6) is 0 Å². The van der Waals surface area contributed by atoms with Crippen molar-refractivity contribution < 1.29 is 4.39 Å². The van der Waals surface area contributed by atoms with Crippen molar-refractivity contribution >= 4 is 33.9 Å². The summed E-state index contributed by atoms with van der Waals surface area (Å²) in [5.41, 5.74) is 5.78. The summed E-state index contributed by atoms with van der Waals surface area (Å²) in [6, 6.07) is 24.1. The number of hydrogen-bond donors (Lipinski definition) is 2. The van der Waals surface area contributed by atoms with E-state index in [1.54, 1.807) is 12.1 Å². The minimum Gasteiger partial charge on any atom is -0.361 e. The number of rotatable bonds is 8. The number of anilines is 1. The molecule has 0 amide bonds. The van der Waals surface area contributed by atoms with Crippen LogP contribution in [0.15, 0.2) is 91.5 Å². The summed E-state index contributed by atoms with van der Waals surface area (Å²) in [5.74, 6) is -0.289. The Morgan fingerprint density at radius 2 is 1.86 bits per heavy atom. The molecule has 0 spiro atoms. The van der Waals surface area contributed by atoms with Gasteiger partial charge in [-0.2, -0.15) is 5.26 Å². The molecule has 0 fully saturated rings. The zero-order chi connectivity index (χ0) is 25.6. The topological polar surface area (TPSA) is 72.7 Å². The van der Waals surface area contributed by atoms with Crippen molar-refractivity contribution in [2.24, 2.45) is 0 Å². The van der Waals surface area contributed by atoms with Crippen LogP contribution < -0.4 is 5.32 Å². The van der Waals surface area contributed by atoms with Gasteiger partial charge in [0.1, 0.15) is 5.82 Å². The highest BCUT2D eigenvalue weighted by Gasteiger charge is 2.15. The van der Waals surface area contributed by atoms with Crippen LogP contribution in [0.1, 0.15) is 22.4 Å². The van der Waals surface area contributed by atoms with Gasteiger partial charge in [-0.25, -0.2) is 9.37 Å². The van der Waals surface area contributed by atoms with Crippen molar-refractivity contribution in [1.29, 1.82) is 5.26 Å². The number of nitriles is 1. The minimum atomic E-state index is -0.289. The van der Waals surface area contributed by atoms with Crippen molar-refractivity contribution in [2.45, 2.75) is 19.5 Å². The van der Waals surface area contributed by atoms with Crippen molar-refractivity contribution in [3.05, 3.63) is 120 Å². The van der Waals surface area contributed by atoms with Crippen LogP contribution in [0, 0.1) is 17.1 Å². The fourth-order valence-electron chi connectivity index (χ4n) is 4.29. The third kappa shape index (κ3) is 5.85. The molecule has 0 saturated carbocycles. The van der Waals surface area contributed by atoms with Gasteiger partial charge in [-0.05, 0) is 65.8 Å². The summed E-state index contributed by atoms with van der Waals surface area (Å²) in [7, 11) is 0. The average molecular weight is 509 g/mol. The number of H-pyrrole nitrogens is 1. The quantitative estimate of drug-likeness (QED) is 0.257. The predicted octanol–water partition coefficient (Wildman–Crippen LogP) is 5.87. The lowest BCUT2D eigenvalue weighted by molar-refractivity contribution is 0.420. The summed E-state index contributed by atoms with van der Waals surface area (Å²) in [5, 5.41) is 14.0. The Kier molecular flexibility index (Phi) is 7.24. The van der Waals surface area contributed by atoms with Gasteiger partial charge in [-0.1, -0.05) is 30.3 Å². The van der Waals surface area contributed by atoms with Crippen molar-refractivity contribution in [3.63, 3.8) is 0 Å². The number of aromatic nitrogens is 3. The molecular weight excluding hydrogens is 483 g/mol. The second-order valence-electron chi connectivity index (χ2n) is 8.79. The first-order valence-electron chi connectivity index (χ1n) is 11.9. The van der Waals surface area contributed by atoms with Crippen LogP contribution in [0.2, 0.25) is 0 Å². The molecule has 0 unspecified atom stereocenters. The third-order valence-corrected chi connectivity index (χ3v) is 6.65. The van der Waals surface area contributed by atoms with E-state index in [9.17, 15) is 4.39 Å². The molecule has 5 rings (SSSR count). The van der Waals surface area contributed by atoms with E-state index in [2.05, 4.69) is 43.0 Å². The van der Waals surface area contributed by atoms with E-state index in [-0.39, 0.29) is 5.82 Å². The van der Waals surface area contributed by atoms with Gasteiger partial charge in [0.25, 0.3) is 0 Å². The lowest BCUT2D eigenvalue weighted by atomic mass is 10.1. The second-order valence-corrected chi connectivity index (χ2v) is 9.18. The molecule has 0 saturated heterocycles. The zero-order valence-corrected chi connectivity index (χ0v) is 20.9. The highest BCUT2D eigenvalue weighted by molar-refractivity contribution is 7.80. The molecular formula is C29H25FN6S. The molecule has 0 aliphatic heterocycles. The summed E-state index contributed by atoms with van der Waals surface area (Å²) < 4.78 is 15.5. The molecule has 3 aromatic carbocycles. The van der Waals surface area contributed by atoms with Crippen LogP contribution >= 0.6 is 12.2 Å². The van der Waals surface area contributed by atoms with Gasteiger partial charge < -0.3 is 19.8 Å².